The molecule has 112 valence electrons. The van der Waals surface area contributed by atoms with Gasteiger partial charge in [-0.1, -0.05) is 41.6 Å². The first-order valence-electron chi connectivity index (χ1n) is 7.30. The van der Waals surface area contributed by atoms with E-state index in [4.69, 9.17) is 5.41 Å². The molecule has 1 aliphatic rings. The molecule has 0 bridgehead atoms. The first kappa shape index (κ1) is 15.8. The van der Waals surface area contributed by atoms with E-state index in [2.05, 4.69) is 4.90 Å². The molecule has 0 amide bonds. The Morgan fingerprint density at radius 2 is 1.95 bits per heavy atom. The summed E-state index contributed by atoms with van der Waals surface area (Å²) in [4.78, 5) is 15.7. The lowest BCUT2D eigenvalue weighted by atomic mass is 10.0. The number of hydrogen-bond acceptors (Lipinski definition) is 4. The number of hydrogen-bond donors (Lipinski definition) is 1. The van der Waals surface area contributed by atoms with E-state index >= 15 is 0 Å². The zero-order valence-electron chi connectivity index (χ0n) is 12.7. The molecule has 1 N–H and O–H groups in total. The summed E-state index contributed by atoms with van der Waals surface area (Å²) in [6.45, 7) is 2.43. The van der Waals surface area contributed by atoms with E-state index in [1.165, 1.54) is 46.3 Å². The van der Waals surface area contributed by atoms with Crippen LogP contribution in [-0.2, 0) is 0 Å². The van der Waals surface area contributed by atoms with Crippen molar-refractivity contribution in [1.82, 2.24) is 4.90 Å². The molecule has 0 atom stereocenters. The molecule has 0 radical (unpaired) electrons. The number of likely N-dealkylation sites (N-methyl/N-ethyl adjacent to an activating group) is 1. The van der Waals surface area contributed by atoms with Gasteiger partial charge in [0.25, 0.3) is 0 Å². The highest BCUT2D eigenvalue weighted by Gasteiger charge is 2.18. The number of carbonyl (C=O) groups excluding carboxylic acids is 1. The summed E-state index contributed by atoms with van der Waals surface area (Å²) >= 11 is 1.48. The van der Waals surface area contributed by atoms with Crippen LogP contribution in [0.1, 0.15) is 41.6 Å². The molecule has 0 aromatic heterocycles. The second-order valence-electron chi connectivity index (χ2n) is 5.46. The summed E-state index contributed by atoms with van der Waals surface area (Å²) in [5.74, 6) is 0.148. The number of nitrogens with one attached hydrogen (secondary N) is 1. The van der Waals surface area contributed by atoms with Crippen LogP contribution in [0.5, 0.6) is 0 Å². The molecule has 0 aliphatic heterocycles. The van der Waals surface area contributed by atoms with Gasteiger partial charge in [-0.15, -0.1) is 0 Å². The van der Waals surface area contributed by atoms with Crippen molar-refractivity contribution in [1.29, 1.82) is 5.41 Å². The Labute approximate surface area is 130 Å². The maximum Gasteiger partial charge on any atom is 0.182 e. The maximum absolute atomic E-state index is 12.4. The largest absolute Gasteiger partial charge is 0.370 e. The Hall–Kier alpha value is -1.55. The number of thioether (sulfide) groups is 1. The molecule has 0 heterocycles. The van der Waals surface area contributed by atoms with Crippen LogP contribution >= 0.6 is 11.8 Å². The molecule has 0 spiro atoms. The van der Waals surface area contributed by atoms with Crippen LogP contribution in [0.25, 0.3) is 0 Å². The number of Topliss-reactive ketones (excluding diaryl/α,β-unsaturated/α-hetero) is 1. The first-order chi connectivity index (χ1) is 10.1. The molecular weight excluding hydrogens is 280 g/mol. The van der Waals surface area contributed by atoms with Gasteiger partial charge in [-0.25, -0.2) is 0 Å². The number of carbonyl (C=O) groups is 1. The van der Waals surface area contributed by atoms with E-state index in [-0.39, 0.29) is 5.78 Å². The van der Waals surface area contributed by atoms with Crippen LogP contribution in [0, 0.1) is 12.3 Å². The van der Waals surface area contributed by atoms with Gasteiger partial charge >= 0.3 is 0 Å². The normalized spacial score (nSPS) is 15.0. The Kier molecular flexibility index (Phi) is 5.62. The zero-order valence-corrected chi connectivity index (χ0v) is 13.5. The molecule has 3 nitrogen and oxygen atoms in total. The summed E-state index contributed by atoms with van der Waals surface area (Å²) in [5.41, 5.74) is 4.55. The van der Waals surface area contributed by atoms with Crippen LogP contribution < -0.4 is 0 Å². The fraction of sp³-hybridized carbons (Fsp3) is 0.412. The van der Waals surface area contributed by atoms with Crippen molar-refractivity contribution in [2.45, 2.75) is 32.6 Å². The third-order valence-electron chi connectivity index (χ3n) is 3.81. The van der Waals surface area contributed by atoms with E-state index in [1.807, 2.05) is 38.2 Å². The monoisotopic (exact) mass is 302 g/mol. The van der Waals surface area contributed by atoms with E-state index in [9.17, 15) is 4.79 Å². The summed E-state index contributed by atoms with van der Waals surface area (Å²) in [7, 11) is 1.98. The van der Waals surface area contributed by atoms with Gasteiger partial charge in [-0.3, -0.25) is 4.79 Å². The number of aryl methyl sites for hydroxylation is 1. The summed E-state index contributed by atoms with van der Waals surface area (Å²) < 4.78 is 0. The van der Waals surface area contributed by atoms with Gasteiger partial charge in [0.1, 0.15) is 0 Å². The second-order valence-corrected chi connectivity index (χ2v) is 6.42. The molecule has 0 unspecified atom stereocenters. The predicted octanol–water partition coefficient (Wildman–Crippen LogP) is 4.24. The van der Waals surface area contributed by atoms with E-state index in [1.54, 1.807) is 0 Å². The van der Waals surface area contributed by atoms with Gasteiger partial charge in [-0.05, 0) is 32.6 Å². The van der Waals surface area contributed by atoms with Crippen LogP contribution in [0.3, 0.4) is 0 Å². The number of rotatable bonds is 6. The van der Waals surface area contributed by atoms with Gasteiger partial charge in [0.05, 0.1) is 12.1 Å². The first-order valence-corrected chi connectivity index (χ1v) is 8.18. The molecule has 1 aromatic rings. The Balaban J connectivity index is 2.08. The minimum Gasteiger partial charge on any atom is -0.370 e. The highest BCUT2D eigenvalue weighted by molar-refractivity contribution is 8.15. The van der Waals surface area contributed by atoms with E-state index < -0.39 is 0 Å². The van der Waals surface area contributed by atoms with Gasteiger partial charge in [0.2, 0.25) is 0 Å². The quantitative estimate of drug-likeness (QED) is 0.486. The Bertz CT molecular complexity index is 548. The van der Waals surface area contributed by atoms with Crippen molar-refractivity contribution in [2.75, 3.05) is 13.6 Å². The van der Waals surface area contributed by atoms with Crippen LogP contribution in [0.4, 0.5) is 0 Å². The van der Waals surface area contributed by atoms with Crippen molar-refractivity contribution < 1.29 is 4.79 Å². The molecule has 1 aliphatic carbocycles. The van der Waals surface area contributed by atoms with Crippen LogP contribution in [-0.4, -0.2) is 29.8 Å². The van der Waals surface area contributed by atoms with Crippen LogP contribution in [0.15, 0.2) is 34.9 Å². The molecule has 1 aromatic carbocycles. The highest BCUT2D eigenvalue weighted by atomic mass is 32.2. The molecule has 0 fully saturated rings. The highest BCUT2D eigenvalue weighted by Crippen LogP contribution is 2.33. The number of benzene rings is 1. The van der Waals surface area contributed by atoms with Gasteiger partial charge in [0, 0.05) is 23.2 Å². The Morgan fingerprint density at radius 1 is 1.29 bits per heavy atom. The van der Waals surface area contributed by atoms with E-state index in [0.717, 1.165) is 18.4 Å². The molecular formula is C17H22N2OS. The summed E-state index contributed by atoms with van der Waals surface area (Å²) in [6, 6.07) is 7.74. The van der Waals surface area contributed by atoms with Gasteiger partial charge in [-0.2, -0.15) is 0 Å². The number of nitrogens with zero attached hydrogens (tertiary/aromatic N) is 1. The smallest absolute Gasteiger partial charge is 0.182 e. The Morgan fingerprint density at radius 3 is 2.62 bits per heavy atom. The lowest BCUT2D eigenvalue weighted by molar-refractivity contribution is 0.0958. The maximum atomic E-state index is 12.4. The van der Waals surface area contributed by atoms with Crippen molar-refractivity contribution in [3.05, 3.63) is 46.0 Å². The fourth-order valence-corrected chi connectivity index (χ4v) is 3.40. The number of ketones is 1. The molecule has 4 heteroatoms. The van der Waals surface area contributed by atoms with Gasteiger partial charge in [0.15, 0.2) is 5.78 Å². The SMILES string of the molecule is Cc1ccc(C(=O)CN(C)C2=C(SC=N)CCCC2)cc1. The van der Waals surface area contributed by atoms with Crippen molar-refractivity contribution >= 4 is 23.1 Å². The lowest BCUT2D eigenvalue weighted by Gasteiger charge is -2.28. The average molecular weight is 302 g/mol. The third kappa shape index (κ3) is 4.21. The van der Waals surface area contributed by atoms with Crippen molar-refractivity contribution in [2.24, 2.45) is 0 Å². The number of allylic oxidation sites excluding steroid dienone is 2. The van der Waals surface area contributed by atoms with Gasteiger partial charge < -0.3 is 10.3 Å². The standard InChI is InChI=1S/C17H22N2OS/c1-13-7-9-14(10-8-13)16(20)11-19(2)15-5-3-4-6-17(15)21-12-18/h7-10,12,18H,3-6,11H2,1-2H3. The third-order valence-corrected chi connectivity index (χ3v) is 4.65. The van der Waals surface area contributed by atoms with E-state index in [0.29, 0.717) is 6.54 Å². The average Bonchev–Trinajstić information content (AvgIpc) is 2.48. The van der Waals surface area contributed by atoms with Crippen molar-refractivity contribution in [3.8, 4) is 0 Å². The molecule has 0 saturated carbocycles. The zero-order chi connectivity index (χ0) is 15.2. The summed E-state index contributed by atoms with van der Waals surface area (Å²) in [5, 5.41) is 7.28. The molecule has 2 rings (SSSR count). The topological polar surface area (TPSA) is 44.2 Å². The lowest BCUT2D eigenvalue weighted by Crippen LogP contribution is -2.27. The molecule has 21 heavy (non-hydrogen) atoms. The second kappa shape index (κ2) is 7.46. The minimum absolute atomic E-state index is 0.148. The van der Waals surface area contributed by atoms with Crippen LogP contribution in [0.2, 0.25) is 0 Å². The minimum atomic E-state index is 0.148. The molecule has 0 saturated heterocycles. The summed E-state index contributed by atoms with van der Waals surface area (Å²) in [6.07, 6.45) is 4.38. The predicted molar refractivity (Wildman–Crippen MR) is 90.0 cm³/mol. The fourth-order valence-electron chi connectivity index (χ4n) is 2.61. The van der Waals surface area contributed by atoms with Crippen molar-refractivity contribution in [3.63, 3.8) is 0 Å².